The fourth-order valence-corrected chi connectivity index (χ4v) is 1.53. The van der Waals surface area contributed by atoms with E-state index in [9.17, 15) is 22.8 Å². The van der Waals surface area contributed by atoms with Crippen molar-refractivity contribution < 1.29 is 27.5 Å². The molecule has 1 aromatic rings. The van der Waals surface area contributed by atoms with Crippen LogP contribution in [0.25, 0.3) is 0 Å². The van der Waals surface area contributed by atoms with Crippen molar-refractivity contribution in [1.29, 1.82) is 0 Å². The van der Waals surface area contributed by atoms with Gasteiger partial charge in [-0.2, -0.15) is 13.2 Å². The van der Waals surface area contributed by atoms with Gasteiger partial charge in [0.25, 0.3) is 0 Å². The van der Waals surface area contributed by atoms with Crippen LogP contribution in [0.1, 0.15) is 29.3 Å². The van der Waals surface area contributed by atoms with E-state index < -0.39 is 29.4 Å². The molecule has 1 rings (SSSR count). The molecule has 0 spiro atoms. The summed E-state index contributed by atoms with van der Waals surface area (Å²) < 4.78 is 41.5. The molecular weight excluding hydrogens is 261 g/mol. The highest BCUT2D eigenvalue weighted by molar-refractivity contribution is 5.98. The molecule has 0 aliphatic rings. The molecule has 0 saturated heterocycles. The Morgan fingerprint density at radius 2 is 1.74 bits per heavy atom. The van der Waals surface area contributed by atoms with Gasteiger partial charge < -0.3 is 4.74 Å². The van der Waals surface area contributed by atoms with Crippen LogP contribution in [-0.4, -0.2) is 18.9 Å². The zero-order chi connectivity index (χ0) is 14.6. The molecule has 0 saturated carbocycles. The monoisotopic (exact) mass is 274 g/mol. The average Bonchev–Trinajstić information content (AvgIpc) is 2.36. The van der Waals surface area contributed by atoms with Gasteiger partial charge in [-0.1, -0.05) is 19.1 Å². The number of benzene rings is 1. The Morgan fingerprint density at radius 3 is 2.16 bits per heavy atom. The lowest BCUT2D eigenvalue weighted by Crippen LogP contribution is -2.17. The van der Waals surface area contributed by atoms with Crippen LogP contribution in [0.3, 0.4) is 0 Å². The topological polar surface area (TPSA) is 43.4 Å². The minimum atomic E-state index is -4.43. The smallest absolute Gasteiger partial charge is 0.416 e. The molecule has 0 N–H and O–H groups in total. The van der Waals surface area contributed by atoms with Crippen LogP contribution >= 0.6 is 0 Å². The number of esters is 1. The summed E-state index contributed by atoms with van der Waals surface area (Å²) >= 11 is 0. The van der Waals surface area contributed by atoms with Gasteiger partial charge >= 0.3 is 12.1 Å². The van der Waals surface area contributed by atoms with E-state index >= 15 is 0 Å². The first kappa shape index (κ1) is 15.2. The Morgan fingerprint density at radius 1 is 1.21 bits per heavy atom. The van der Waals surface area contributed by atoms with Crippen molar-refractivity contribution in [2.24, 2.45) is 5.92 Å². The molecule has 0 amide bonds. The van der Waals surface area contributed by atoms with Gasteiger partial charge in [0.2, 0.25) is 0 Å². The minimum absolute atomic E-state index is 0.0992. The van der Waals surface area contributed by atoms with Gasteiger partial charge in [0.15, 0.2) is 5.78 Å². The maximum absolute atomic E-state index is 12.3. The van der Waals surface area contributed by atoms with Crippen LogP contribution in [0, 0.1) is 5.92 Å². The van der Waals surface area contributed by atoms with Gasteiger partial charge in [0, 0.05) is 12.0 Å². The van der Waals surface area contributed by atoms with E-state index in [1.54, 1.807) is 0 Å². The van der Waals surface area contributed by atoms with Crippen LogP contribution in [0.15, 0.2) is 24.3 Å². The second-order valence-corrected chi connectivity index (χ2v) is 4.13. The van der Waals surface area contributed by atoms with Crippen molar-refractivity contribution in [3.63, 3.8) is 0 Å². The Bertz CT molecular complexity index is 463. The highest BCUT2D eigenvalue weighted by Crippen LogP contribution is 2.29. The number of hydrogen-bond acceptors (Lipinski definition) is 3. The molecule has 1 unspecified atom stereocenters. The fourth-order valence-electron chi connectivity index (χ4n) is 1.53. The number of hydrogen-bond donors (Lipinski definition) is 0. The second-order valence-electron chi connectivity index (χ2n) is 4.13. The number of ether oxygens (including phenoxy) is 1. The molecule has 0 radical (unpaired) electrons. The van der Waals surface area contributed by atoms with Crippen molar-refractivity contribution in [3.8, 4) is 0 Å². The van der Waals surface area contributed by atoms with Crippen LogP contribution in [0.5, 0.6) is 0 Å². The number of alkyl halides is 3. The van der Waals surface area contributed by atoms with E-state index in [0.29, 0.717) is 0 Å². The Kier molecular flexibility index (Phi) is 4.69. The summed E-state index contributed by atoms with van der Waals surface area (Å²) in [7, 11) is 1.21. The number of halogens is 3. The summed E-state index contributed by atoms with van der Waals surface area (Å²) in [6.07, 6.45) is -4.53. The lowest BCUT2D eigenvalue weighted by molar-refractivity contribution is -0.144. The zero-order valence-electron chi connectivity index (χ0n) is 10.5. The maximum atomic E-state index is 12.3. The van der Waals surface area contributed by atoms with E-state index in [2.05, 4.69) is 4.74 Å². The SMILES string of the molecule is COC(=O)C(C)CC(=O)c1ccc(C(F)(F)F)cc1. The quantitative estimate of drug-likeness (QED) is 0.626. The summed E-state index contributed by atoms with van der Waals surface area (Å²) in [5.41, 5.74) is -0.672. The summed E-state index contributed by atoms with van der Waals surface area (Å²) in [6.45, 7) is 1.52. The fraction of sp³-hybridized carbons (Fsp3) is 0.385. The predicted molar refractivity (Wildman–Crippen MR) is 61.6 cm³/mol. The normalized spacial score (nSPS) is 12.9. The highest BCUT2D eigenvalue weighted by atomic mass is 19.4. The molecule has 6 heteroatoms. The lowest BCUT2D eigenvalue weighted by Gasteiger charge is -2.09. The average molecular weight is 274 g/mol. The van der Waals surface area contributed by atoms with Crippen LogP contribution in [-0.2, 0) is 15.7 Å². The predicted octanol–water partition coefficient (Wildman–Crippen LogP) is 3.09. The first-order valence-corrected chi connectivity index (χ1v) is 5.54. The largest absolute Gasteiger partial charge is 0.469 e. The molecular formula is C13H13F3O3. The van der Waals surface area contributed by atoms with Crippen molar-refractivity contribution >= 4 is 11.8 Å². The Hall–Kier alpha value is -1.85. The third-order valence-corrected chi connectivity index (χ3v) is 2.63. The van der Waals surface area contributed by atoms with E-state index in [1.165, 1.54) is 14.0 Å². The van der Waals surface area contributed by atoms with Gasteiger partial charge in [0.05, 0.1) is 18.6 Å². The number of Topliss-reactive ketones (excluding diaryl/α,β-unsaturated/α-hetero) is 1. The van der Waals surface area contributed by atoms with Crippen LogP contribution < -0.4 is 0 Å². The molecule has 0 bridgehead atoms. The van der Waals surface area contributed by atoms with Crippen molar-refractivity contribution in [1.82, 2.24) is 0 Å². The molecule has 0 fully saturated rings. The summed E-state index contributed by atoms with van der Waals surface area (Å²) in [6, 6.07) is 3.90. The number of rotatable bonds is 4. The lowest BCUT2D eigenvalue weighted by atomic mass is 9.99. The third kappa shape index (κ3) is 4.08. The minimum Gasteiger partial charge on any atom is -0.469 e. The van der Waals surface area contributed by atoms with Crippen molar-refractivity contribution in [2.45, 2.75) is 19.5 Å². The van der Waals surface area contributed by atoms with Gasteiger partial charge in [-0.3, -0.25) is 9.59 Å². The summed E-state index contributed by atoms with van der Waals surface area (Å²) in [4.78, 5) is 22.9. The molecule has 104 valence electrons. The van der Waals surface area contributed by atoms with Gasteiger partial charge in [-0.05, 0) is 12.1 Å². The van der Waals surface area contributed by atoms with E-state index in [-0.39, 0.29) is 12.0 Å². The molecule has 1 aromatic carbocycles. The highest BCUT2D eigenvalue weighted by Gasteiger charge is 2.30. The second kappa shape index (κ2) is 5.86. The van der Waals surface area contributed by atoms with Gasteiger partial charge in [-0.25, -0.2) is 0 Å². The first-order chi connectivity index (χ1) is 8.75. The zero-order valence-corrected chi connectivity index (χ0v) is 10.5. The third-order valence-electron chi connectivity index (χ3n) is 2.63. The summed E-state index contributed by atoms with van der Waals surface area (Å²) in [5.74, 6) is -1.55. The standard InChI is InChI=1S/C13H13F3O3/c1-8(12(18)19-2)7-11(17)9-3-5-10(6-4-9)13(14,15)16/h3-6,8H,7H2,1-2H3. The Labute approximate surface area is 108 Å². The number of carbonyl (C=O) groups is 2. The van der Waals surface area contributed by atoms with Crippen LogP contribution in [0.2, 0.25) is 0 Å². The molecule has 0 aliphatic heterocycles. The number of ketones is 1. The van der Waals surface area contributed by atoms with Crippen LogP contribution in [0.4, 0.5) is 13.2 Å². The van der Waals surface area contributed by atoms with Crippen molar-refractivity contribution in [3.05, 3.63) is 35.4 Å². The summed E-state index contributed by atoms with van der Waals surface area (Å²) in [5, 5.41) is 0. The molecule has 0 heterocycles. The van der Waals surface area contributed by atoms with Gasteiger partial charge in [-0.15, -0.1) is 0 Å². The maximum Gasteiger partial charge on any atom is 0.416 e. The molecule has 0 aromatic heterocycles. The van der Waals surface area contributed by atoms with Gasteiger partial charge in [0.1, 0.15) is 0 Å². The van der Waals surface area contributed by atoms with E-state index in [4.69, 9.17) is 0 Å². The number of methoxy groups -OCH3 is 1. The molecule has 1 atom stereocenters. The molecule has 19 heavy (non-hydrogen) atoms. The molecule has 3 nitrogen and oxygen atoms in total. The Balaban J connectivity index is 2.76. The first-order valence-electron chi connectivity index (χ1n) is 5.54. The number of carbonyl (C=O) groups excluding carboxylic acids is 2. The van der Waals surface area contributed by atoms with E-state index in [0.717, 1.165) is 24.3 Å². The van der Waals surface area contributed by atoms with E-state index in [1.807, 2.05) is 0 Å². The molecule has 0 aliphatic carbocycles. The van der Waals surface area contributed by atoms with Crippen molar-refractivity contribution in [2.75, 3.05) is 7.11 Å².